The average molecular weight is 350 g/mol. The zero-order valence-electron chi connectivity index (χ0n) is 14.1. The van der Waals surface area contributed by atoms with E-state index >= 15 is 0 Å². The van der Waals surface area contributed by atoms with E-state index in [2.05, 4.69) is 20.2 Å². The molecule has 1 aliphatic heterocycles. The number of H-pyrrole nitrogens is 1. The van der Waals surface area contributed by atoms with Gasteiger partial charge in [-0.3, -0.25) is 9.59 Å². The highest BCUT2D eigenvalue weighted by Gasteiger charge is 2.14. The number of hydrogen-bond acceptors (Lipinski definition) is 5. The van der Waals surface area contributed by atoms with E-state index in [-0.39, 0.29) is 11.5 Å². The van der Waals surface area contributed by atoms with Crippen LogP contribution in [0.4, 0.5) is 11.5 Å². The lowest BCUT2D eigenvalue weighted by molar-refractivity contribution is 0.102. The van der Waals surface area contributed by atoms with E-state index in [0.29, 0.717) is 35.4 Å². The van der Waals surface area contributed by atoms with Crippen molar-refractivity contribution >= 4 is 28.3 Å². The Morgan fingerprint density at radius 1 is 1.15 bits per heavy atom. The number of fused-ring (bicyclic) bond motifs is 1. The molecule has 132 valence electrons. The van der Waals surface area contributed by atoms with Gasteiger partial charge in [0.05, 0.1) is 30.7 Å². The van der Waals surface area contributed by atoms with Crippen LogP contribution in [0, 0.1) is 0 Å². The molecule has 4 rings (SSSR count). The third-order valence-electron chi connectivity index (χ3n) is 4.34. The van der Waals surface area contributed by atoms with Gasteiger partial charge in [0.2, 0.25) is 5.56 Å². The van der Waals surface area contributed by atoms with Crippen molar-refractivity contribution in [2.45, 2.75) is 0 Å². The fourth-order valence-electron chi connectivity index (χ4n) is 3.03. The second-order valence-electron chi connectivity index (χ2n) is 6.05. The SMILES string of the molecule is O=C(Nc1ccc(N2CCOCC2)nc1)c1cc(=O)[nH]c2ccccc12. The number of anilines is 2. The molecule has 7 nitrogen and oxygen atoms in total. The second-order valence-corrected chi connectivity index (χ2v) is 6.05. The molecule has 0 bridgehead atoms. The number of morpholine rings is 1. The predicted molar refractivity (Wildman–Crippen MR) is 99.8 cm³/mol. The largest absolute Gasteiger partial charge is 0.378 e. The van der Waals surface area contributed by atoms with Gasteiger partial charge in [-0.2, -0.15) is 0 Å². The van der Waals surface area contributed by atoms with Gasteiger partial charge in [-0.25, -0.2) is 4.98 Å². The minimum absolute atomic E-state index is 0.311. The first-order chi connectivity index (χ1) is 12.7. The van der Waals surface area contributed by atoms with Crippen LogP contribution in [0.15, 0.2) is 53.5 Å². The standard InChI is InChI=1S/C19H18N4O3/c24-18-11-15(14-3-1-2-4-16(14)22-18)19(25)21-13-5-6-17(20-12-13)23-7-9-26-10-8-23/h1-6,11-12H,7-10H2,(H,21,25)(H,22,24). The van der Waals surface area contributed by atoms with Gasteiger partial charge in [-0.15, -0.1) is 0 Å². The van der Waals surface area contributed by atoms with Crippen LogP contribution in [0.25, 0.3) is 10.9 Å². The van der Waals surface area contributed by atoms with Gasteiger partial charge < -0.3 is 19.9 Å². The van der Waals surface area contributed by atoms with Crippen LogP contribution in [-0.4, -0.2) is 42.2 Å². The molecule has 3 aromatic rings. The summed E-state index contributed by atoms with van der Waals surface area (Å²) in [5, 5.41) is 3.51. The smallest absolute Gasteiger partial charge is 0.256 e. The number of carbonyl (C=O) groups is 1. The van der Waals surface area contributed by atoms with Gasteiger partial charge in [-0.05, 0) is 18.2 Å². The minimum Gasteiger partial charge on any atom is -0.378 e. The van der Waals surface area contributed by atoms with Crippen molar-refractivity contribution in [1.82, 2.24) is 9.97 Å². The van der Waals surface area contributed by atoms with Gasteiger partial charge in [0.1, 0.15) is 5.82 Å². The summed E-state index contributed by atoms with van der Waals surface area (Å²) < 4.78 is 5.34. The van der Waals surface area contributed by atoms with Crippen LogP contribution in [-0.2, 0) is 4.74 Å². The van der Waals surface area contributed by atoms with E-state index in [9.17, 15) is 9.59 Å². The maximum atomic E-state index is 12.6. The van der Waals surface area contributed by atoms with E-state index in [1.165, 1.54) is 6.07 Å². The highest BCUT2D eigenvalue weighted by molar-refractivity contribution is 6.12. The van der Waals surface area contributed by atoms with E-state index in [1.807, 2.05) is 24.3 Å². The molecule has 0 radical (unpaired) electrons. The first-order valence-electron chi connectivity index (χ1n) is 8.43. The molecule has 3 heterocycles. The van der Waals surface area contributed by atoms with Crippen LogP contribution < -0.4 is 15.8 Å². The fraction of sp³-hybridized carbons (Fsp3) is 0.211. The average Bonchev–Trinajstić information content (AvgIpc) is 2.68. The number of nitrogens with one attached hydrogen (secondary N) is 2. The van der Waals surface area contributed by atoms with Gasteiger partial charge in [-0.1, -0.05) is 18.2 Å². The van der Waals surface area contributed by atoms with Crippen molar-refractivity contribution in [3.8, 4) is 0 Å². The summed E-state index contributed by atoms with van der Waals surface area (Å²) >= 11 is 0. The molecule has 0 spiro atoms. The molecular weight excluding hydrogens is 332 g/mol. The Labute approximate surface area is 149 Å². The lowest BCUT2D eigenvalue weighted by atomic mass is 10.1. The van der Waals surface area contributed by atoms with E-state index < -0.39 is 0 Å². The van der Waals surface area contributed by atoms with Crippen molar-refractivity contribution in [2.75, 3.05) is 36.5 Å². The molecule has 0 unspecified atom stereocenters. The highest BCUT2D eigenvalue weighted by atomic mass is 16.5. The predicted octanol–water partition coefficient (Wildman–Crippen LogP) is 2.01. The van der Waals surface area contributed by atoms with Gasteiger partial charge in [0.25, 0.3) is 5.91 Å². The molecule has 2 N–H and O–H groups in total. The Balaban J connectivity index is 1.56. The summed E-state index contributed by atoms with van der Waals surface area (Å²) in [5.74, 6) is 0.515. The number of rotatable bonds is 3. The Morgan fingerprint density at radius 2 is 1.96 bits per heavy atom. The van der Waals surface area contributed by atoms with Crippen LogP contribution in [0.2, 0.25) is 0 Å². The summed E-state index contributed by atoms with van der Waals surface area (Å²) in [6, 6.07) is 12.2. The number of amides is 1. The number of aromatic amines is 1. The second kappa shape index (κ2) is 6.97. The zero-order valence-corrected chi connectivity index (χ0v) is 14.1. The van der Waals surface area contributed by atoms with Crippen LogP contribution in [0.3, 0.4) is 0 Å². The molecule has 1 aromatic carbocycles. The third-order valence-corrected chi connectivity index (χ3v) is 4.34. The van der Waals surface area contributed by atoms with Crippen molar-refractivity contribution in [3.05, 3.63) is 64.6 Å². The molecule has 1 fully saturated rings. The molecule has 0 atom stereocenters. The van der Waals surface area contributed by atoms with Crippen LogP contribution >= 0.6 is 0 Å². The summed E-state index contributed by atoms with van der Waals surface area (Å²) in [6.45, 7) is 2.99. The van der Waals surface area contributed by atoms with E-state index in [1.54, 1.807) is 18.3 Å². The number of pyridine rings is 2. The van der Waals surface area contributed by atoms with Crippen molar-refractivity contribution in [2.24, 2.45) is 0 Å². The van der Waals surface area contributed by atoms with Crippen LogP contribution in [0.5, 0.6) is 0 Å². The molecular formula is C19H18N4O3. The molecule has 1 aliphatic rings. The Bertz CT molecular complexity index is 992. The first kappa shape index (κ1) is 16.3. The molecule has 1 amide bonds. The third kappa shape index (κ3) is 3.29. The molecule has 26 heavy (non-hydrogen) atoms. The monoisotopic (exact) mass is 350 g/mol. The molecule has 7 heteroatoms. The van der Waals surface area contributed by atoms with Gasteiger partial charge in [0.15, 0.2) is 0 Å². The van der Waals surface area contributed by atoms with Crippen LogP contribution in [0.1, 0.15) is 10.4 Å². The number of hydrogen-bond donors (Lipinski definition) is 2. The Morgan fingerprint density at radius 3 is 2.73 bits per heavy atom. The Hall–Kier alpha value is -3.19. The molecule has 2 aromatic heterocycles. The van der Waals surface area contributed by atoms with Gasteiger partial charge >= 0.3 is 0 Å². The Kier molecular flexibility index (Phi) is 4.37. The van der Waals surface area contributed by atoms with E-state index in [4.69, 9.17) is 4.74 Å². The van der Waals surface area contributed by atoms with Crippen molar-refractivity contribution in [3.63, 3.8) is 0 Å². The molecule has 0 aliphatic carbocycles. The van der Waals surface area contributed by atoms with Gasteiger partial charge in [0, 0.05) is 30.1 Å². The lowest BCUT2D eigenvalue weighted by Gasteiger charge is -2.27. The number of benzene rings is 1. The topological polar surface area (TPSA) is 87.3 Å². The number of ether oxygens (including phenoxy) is 1. The normalized spacial score (nSPS) is 14.4. The summed E-state index contributed by atoms with van der Waals surface area (Å²) in [4.78, 5) is 33.7. The maximum Gasteiger partial charge on any atom is 0.256 e. The number of nitrogens with zero attached hydrogens (tertiary/aromatic N) is 2. The maximum absolute atomic E-state index is 12.6. The van der Waals surface area contributed by atoms with E-state index in [0.717, 1.165) is 18.9 Å². The minimum atomic E-state index is -0.340. The van der Waals surface area contributed by atoms with Crippen molar-refractivity contribution < 1.29 is 9.53 Å². The summed E-state index contributed by atoms with van der Waals surface area (Å²) in [7, 11) is 0. The quantitative estimate of drug-likeness (QED) is 0.754. The van der Waals surface area contributed by atoms with Crippen molar-refractivity contribution in [1.29, 1.82) is 0 Å². The number of para-hydroxylation sites is 1. The zero-order chi connectivity index (χ0) is 17.9. The molecule has 1 saturated heterocycles. The first-order valence-corrected chi connectivity index (χ1v) is 8.43. The fourth-order valence-corrected chi connectivity index (χ4v) is 3.03. The number of aromatic nitrogens is 2. The number of carbonyl (C=O) groups excluding carboxylic acids is 1. The highest BCUT2D eigenvalue weighted by Crippen LogP contribution is 2.18. The lowest BCUT2D eigenvalue weighted by Crippen LogP contribution is -2.36. The summed E-state index contributed by atoms with van der Waals surface area (Å²) in [6.07, 6.45) is 1.62. The summed E-state index contributed by atoms with van der Waals surface area (Å²) in [5.41, 5.74) is 1.23. The molecule has 0 saturated carbocycles.